The van der Waals surface area contributed by atoms with Crippen LogP contribution in [0, 0.1) is 17.6 Å². The number of amides is 2. The summed E-state index contributed by atoms with van der Waals surface area (Å²) >= 11 is 0. The molecular weight excluding hydrogens is 511 g/mol. The van der Waals surface area contributed by atoms with Gasteiger partial charge in [0.05, 0.1) is 5.56 Å². The first-order chi connectivity index (χ1) is 18.0. The molecule has 204 valence electrons. The Bertz CT molecular complexity index is 1180. The van der Waals surface area contributed by atoms with E-state index in [2.05, 4.69) is 5.32 Å². The van der Waals surface area contributed by atoms with Crippen LogP contribution in [0.5, 0.6) is 0 Å². The number of benzene rings is 2. The second-order valence-corrected chi connectivity index (χ2v) is 9.73. The smallest absolute Gasteiger partial charge is 0.416 e. The van der Waals surface area contributed by atoms with Crippen LogP contribution in [0.25, 0.3) is 0 Å². The zero-order chi connectivity index (χ0) is 27.4. The Kier molecular flexibility index (Phi) is 8.32. The zero-order valence-corrected chi connectivity index (χ0v) is 20.4. The maximum absolute atomic E-state index is 14.1. The number of ether oxygens (including phenoxy) is 1. The van der Waals surface area contributed by atoms with Gasteiger partial charge in [-0.1, -0.05) is 37.1 Å². The van der Waals surface area contributed by atoms with Gasteiger partial charge in [-0.3, -0.25) is 9.59 Å². The molecular formula is C27H27F5N2O4. The maximum Gasteiger partial charge on any atom is 0.416 e. The van der Waals surface area contributed by atoms with Crippen molar-refractivity contribution in [1.29, 1.82) is 0 Å². The van der Waals surface area contributed by atoms with Crippen LogP contribution >= 0.6 is 0 Å². The number of esters is 1. The predicted molar refractivity (Wildman–Crippen MR) is 125 cm³/mol. The average molecular weight is 539 g/mol. The number of rotatable bonds is 10. The Balaban J connectivity index is 1.34. The highest BCUT2D eigenvalue weighted by Gasteiger charge is 2.36. The predicted octanol–water partition coefficient (Wildman–Crippen LogP) is 4.89. The minimum Gasteiger partial charge on any atom is -0.459 e. The van der Waals surface area contributed by atoms with Crippen LogP contribution < -0.4 is 5.32 Å². The molecule has 0 spiro atoms. The highest BCUT2D eigenvalue weighted by Crippen LogP contribution is 2.34. The van der Waals surface area contributed by atoms with E-state index >= 15 is 0 Å². The normalized spacial score (nSPS) is 18.4. The van der Waals surface area contributed by atoms with Gasteiger partial charge in [-0.05, 0) is 42.5 Å². The quantitative estimate of drug-likeness (QED) is 0.345. The van der Waals surface area contributed by atoms with Crippen LogP contribution in [0.1, 0.15) is 55.2 Å². The highest BCUT2D eigenvalue weighted by molar-refractivity contribution is 5.86. The largest absolute Gasteiger partial charge is 0.459 e. The molecule has 0 bridgehead atoms. The molecule has 0 unspecified atom stereocenters. The number of nitrogens with zero attached hydrogens (tertiary/aromatic N) is 1. The van der Waals surface area contributed by atoms with Gasteiger partial charge in [-0.25, -0.2) is 13.6 Å². The van der Waals surface area contributed by atoms with Crippen molar-refractivity contribution in [2.24, 2.45) is 5.92 Å². The molecule has 2 aliphatic rings. The SMILES string of the molecule is O=C(C[C@@H]1CCC(=O)N1Cc1cccc(F)c1F)N[C@@H](CC1CC1)C(=O)OCc1ccc(C(F)(F)F)cc1. The van der Waals surface area contributed by atoms with Gasteiger partial charge in [0.2, 0.25) is 11.8 Å². The lowest BCUT2D eigenvalue weighted by atomic mass is 10.1. The van der Waals surface area contributed by atoms with Gasteiger partial charge in [0.15, 0.2) is 11.6 Å². The van der Waals surface area contributed by atoms with Gasteiger partial charge in [0.1, 0.15) is 12.6 Å². The third kappa shape index (κ3) is 7.08. The summed E-state index contributed by atoms with van der Waals surface area (Å²) in [5.41, 5.74) is -0.442. The van der Waals surface area contributed by atoms with Gasteiger partial charge < -0.3 is 15.0 Å². The topological polar surface area (TPSA) is 75.7 Å². The van der Waals surface area contributed by atoms with Crippen LogP contribution in [0.3, 0.4) is 0 Å². The fourth-order valence-electron chi connectivity index (χ4n) is 4.49. The van der Waals surface area contributed by atoms with Crippen molar-refractivity contribution in [3.8, 4) is 0 Å². The summed E-state index contributed by atoms with van der Waals surface area (Å²) in [6.45, 7) is -0.431. The molecule has 4 rings (SSSR count). The number of carbonyl (C=O) groups is 3. The fraction of sp³-hybridized carbons (Fsp3) is 0.444. The molecule has 6 nitrogen and oxygen atoms in total. The zero-order valence-electron chi connectivity index (χ0n) is 20.4. The summed E-state index contributed by atoms with van der Waals surface area (Å²) < 4.78 is 71.2. The van der Waals surface area contributed by atoms with Crippen molar-refractivity contribution in [2.45, 2.75) is 69.9 Å². The summed E-state index contributed by atoms with van der Waals surface area (Å²) in [5, 5.41) is 2.67. The minimum absolute atomic E-state index is 0.00381. The molecule has 0 radical (unpaired) electrons. The fourth-order valence-corrected chi connectivity index (χ4v) is 4.49. The van der Waals surface area contributed by atoms with Crippen LogP contribution in [0.4, 0.5) is 22.0 Å². The summed E-state index contributed by atoms with van der Waals surface area (Å²) in [5.74, 6) is -3.30. The van der Waals surface area contributed by atoms with Crippen LogP contribution in [0.15, 0.2) is 42.5 Å². The van der Waals surface area contributed by atoms with Gasteiger partial charge in [0, 0.05) is 31.0 Å². The monoisotopic (exact) mass is 538 g/mol. The van der Waals surface area contributed by atoms with Crippen molar-refractivity contribution in [2.75, 3.05) is 0 Å². The Morgan fingerprint density at radius 3 is 2.42 bits per heavy atom. The number of hydrogen-bond donors (Lipinski definition) is 1. The molecule has 1 aliphatic heterocycles. The summed E-state index contributed by atoms with van der Waals surface area (Å²) in [7, 11) is 0. The average Bonchev–Trinajstić information content (AvgIpc) is 3.63. The molecule has 2 aromatic carbocycles. The molecule has 2 fully saturated rings. The number of halogens is 5. The first kappa shape index (κ1) is 27.5. The van der Waals surface area contributed by atoms with Crippen molar-refractivity contribution in [3.63, 3.8) is 0 Å². The number of nitrogens with one attached hydrogen (secondary N) is 1. The summed E-state index contributed by atoms with van der Waals surface area (Å²) in [4.78, 5) is 39.3. The molecule has 1 N–H and O–H groups in total. The van der Waals surface area contributed by atoms with Crippen molar-refractivity contribution < 1.29 is 41.1 Å². The molecule has 0 aromatic heterocycles. The van der Waals surface area contributed by atoms with Gasteiger partial charge >= 0.3 is 12.1 Å². The Hall–Kier alpha value is -3.50. The number of alkyl halides is 3. The first-order valence-electron chi connectivity index (χ1n) is 12.4. The first-order valence-corrected chi connectivity index (χ1v) is 12.4. The molecule has 38 heavy (non-hydrogen) atoms. The minimum atomic E-state index is -4.47. The molecule has 1 saturated carbocycles. The van der Waals surface area contributed by atoms with E-state index in [9.17, 15) is 36.3 Å². The third-order valence-electron chi connectivity index (χ3n) is 6.79. The van der Waals surface area contributed by atoms with Crippen LogP contribution in [0.2, 0.25) is 0 Å². The number of likely N-dealkylation sites (tertiary alicyclic amines) is 1. The van der Waals surface area contributed by atoms with Crippen molar-refractivity contribution in [3.05, 3.63) is 70.8 Å². The second kappa shape index (κ2) is 11.5. The van der Waals surface area contributed by atoms with Crippen molar-refractivity contribution in [1.82, 2.24) is 10.2 Å². The molecule has 1 heterocycles. The van der Waals surface area contributed by atoms with E-state index in [1.165, 1.54) is 29.2 Å². The number of carbonyl (C=O) groups excluding carboxylic acids is 3. The Morgan fingerprint density at radius 2 is 1.76 bits per heavy atom. The third-order valence-corrected chi connectivity index (χ3v) is 6.79. The van der Waals surface area contributed by atoms with E-state index in [1.54, 1.807) is 0 Å². The van der Waals surface area contributed by atoms with Crippen molar-refractivity contribution >= 4 is 17.8 Å². The van der Waals surface area contributed by atoms with E-state index < -0.39 is 47.3 Å². The van der Waals surface area contributed by atoms with Gasteiger partial charge in [-0.15, -0.1) is 0 Å². The summed E-state index contributed by atoms with van der Waals surface area (Å²) in [6.07, 6.45) is -1.91. The van der Waals surface area contributed by atoms with Crippen LogP contribution in [-0.4, -0.2) is 34.8 Å². The van der Waals surface area contributed by atoms with Gasteiger partial charge in [-0.2, -0.15) is 13.2 Å². The van der Waals surface area contributed by atoms with E-state index in [1.807, 2.05) is 0 Å². The highest BCUT2D eigenvalue weighted by atomic mass is 19.4. The van der Waals surface area contributed by atoms with E-state index in [-0.39, 0.29) is 43.4 Å². The Morgan fingerprint density at radius 1 is 1.05 bits per heavy atom. The Labute approximate surface area is 216 Å². The molecule has 1 aliphatic carbocycles. The second-order valence-electron chi connectivity index (χ2n) is 9.73. The number of hydrogen-bond acceptors (Lipinski definition) is 4. The lowest BCUT2D eigenvalue weighted by molar-refractivity contribution is -0.149. The van der Waals surface area contributed by atoms with E-state index in [0.29, 0.717) is 18.4 Å². The molecule has 2 amide bonds. The van der Waals surface area contributed by atoms with E-state index in [0.717, 1.165) is 31.0 Å². The molecule has 2 atom stereocenters. The lowest BCUT2D eigenvalue weighted by Gasteiger charge is -2.26. The van der Waals surface area contributed by atoms with E-state index in [4.69, 9.17) is 4.74 Å². The standard InChI is InChI=1S/C27H27F5N2O4/c28-21-3-1-2-18(25(21)29)14-34-20(10-11-24(34)36)13-23(35)33-22(12-16-4-5-16)26(37)38-15-17-6-8-19(9-7-17)27(30,31)32/h1-3,6-9,16,20,22H,4-5,10-15H2,(H,33,35)/t20-,22-/m0/s1. The van der Waals surface area contributed by atoms with Gasteiger partial charge in [0.25, 0.3) is 0 Å². The molecule has 11 heteroatoms. The van der Waals surface area contributed by atoms with Crippen LogP contribution in [-0.2, 0) is 38.4 Å². The maximum atomic E-state index is 14.1. The molecule has 1 saturated heterocycles. The molecule has 2 aromatic rings. The summed E-state index contributed by atoms with van der Waals surface area (Å²) in [6, 6.07) is 6.44. The lowest BCUT2D eigenvalue weighted by Crippen LogP contribution is -2.44.